The van der Waals surface area contributed by atoms with Crippen LogP contribution in [-0.4, -0.2) is 23.0 Å². The number of hydrogen-bond donors (Lipinski definition) is 1. The molecule has 0 bridgehead atoms. The van der Waals surface area contributed by atoms with Gasteiger partial charge in [-0.2, -0.15) is 0 Å². The lowest BCUT2D eigenvalue weighted by Gasteiger charge is -2.16. The Bertz CT molecular complexity index is 595. The molecular formula is C16H20BrN3S. The third-order valence-electron chi connectivity index (χ3n) is 3.52. The van der Waals surface area contributed by atoms with Gasteiger partial charge in [0.05, 0.1) is 15.2 Å². The molecule has 0 radical (unpaired) electrons. The summed E-state index contributed by atoms with van der Waals surface area (Å²) in [5.41, 5.74) is 3.63. The van der Waals surface area contributed by atoms with Crippen LogP contribution >= 0.6 is 27.3 Å². The van der Waals surface area contributed by atoms with Gasteiger partial charge in [0.2, 0.25) is 0 Å². The smallest absolute Gasteiger partial charge is 0.0701 e. The third kappa shape index (κ3) is 4.88. The minimum atomic E-state index is 0.732. The van der Waals surface area contributed by atoms with Gasteiger partial charge in [0, 0.05) is 25.7 Å². The summed E-state index contributed by atoms with van der Waals surface area (Å²) in [5.74, 6) is 0. The second-order valence-electron chi connectivity index (χ2n) is 5.71. The fourth-order valence-corrected chi connectivity index (χ4v) is 3.53. The summed E-state index contributed by atoms with van der Waals surface area (Å²) in [6.45, 7) is 2.72. The summed E-state index contributed by atoms with van der Waals surface area (Å²) in [6.07, 6.45) is 2.64. The highest BCUT2D eigenvalue weighted by atomic mass is 79.9. The van der Waals surface area contributed by atoms with Gasteiger partial charge in [-0.25, -0.2) is 0 Å². The van der Waals surface area contributed by atoms with Crippen molar-refractivity contribution in [3.63, 3.8) is 0 Å². The van der Waals surface area contributed by atoms with Gasteiger partial charge in [-0.1, -0.05) is 6.07 Å². The number of pyridine rings is 1. The maximum absolute atomic E-state index is 4.75. The van der Waals surface area contributed by atoms with E-state index in [-0.39, 0.29) is 0 Å². The molecule has 0 spiro atoms. The van der Waals surface area contributed by atoms with E-state index in [9.17, 15) is 0 Å². The zero-order valence-electron chi connectivity index (χ0n) is 12.2. The van der Waals surface area contributed by atoms with Gasteiger partial charge in [0.25, 0.3) is 0 Å². The van der Waals surface area contributed by atoms with Crippen LogP contribution in [0, 0.1) is 0 Å². The minimum absolute atomic E-state index is 0.732. The van der Waals surface area contributed by atoms with Crippen LogP contribution in [0.2, 0.25) is 0 Å². The molecule has 0 atom stereocenters. The van der Waals surface area contributed by atoms with E-state index in [0.29, 0.717) is 0 Å². The van der Waals surface area contributed by atoms with Crippen LogP contribution in [0.4, 0.5) is 0 Å². The van der Waals surface area contributed by atoms with E-state index in [1.54, 1.807) is 11.3 Å². The fourth-order valence-electron chi connectivity index (χ4n) is 2.32. The molecule has 0 saturated heterocycles. The van der Waals surface area contributed by atoms with Crippen LogP contribution in [0.5, 0.6) is 0 Å². The minimum Gasteiger partial charge on any atom is -0.308 e. The molecule has 112 valence electrons. The predicted molar refractivity (Wildman–Crippen MR) is 91.3 cm³/mol. The van der Waals surface area contributed by atoms with Crippen molar-refractivity contribution in [3.05, 3.63) is 50.4 Å². The molecule has 2 aromatic heterocycles. The van der Waals surface area contributed by atoms with Gasteiger partial charge >= 0.3 is 0 Å². The summed E-state index contributed by atoms with van der Waals surface area (Å²) in [5, 5.41) is 5.71. The van der Waals surface area contributed by atoms with E-state index in [1.165, 1.54) is 22.2 Å². The van der Waals surface area contributed by atoms with Crippen LogP contribution in [0.3, 0.4) is 0 Å². The predicted octanol–water partition coefficient (Wildman–Crippen LogP) is 3.79. The molecule has 1 saturated carbocycles. The summed E-state index contributed by atoms with van der Waals surface area (Å²) < 4.78 is 1.19. The summed E-state index contributed by atoms with van der Waals surface area (Å²) >= 11 is 5.25. The Morgan fingerprint density at radius 3 is 2.86 bits per heavy atom. The summed E-state index contributed by atoms with van der Waals surface area (Å²) in [6, 6.07) is 9.25. The number of rotatable bonds is 7. The fraction of sp³-hybridized carbons (Fsp3) is 0.438. The van der Waals surface area contributed by atoms with Crippen molar-refractivity contribution in [1.82, 2.24) is 15.2 Å². The van der Waals surface area contributed by atoms with Gasteiger partial charge in [-0.15, -0.1) is 11.3 Å². The molecule has 1 N–H and O–H groups in total. The molecule has 21 heavy (non-hydrogen) atoms. The maximum atomic E-state index is 4.75. The molecule has 1 fully saturated rings. The van der Waals surface area contributed by atoms with E-state index >= 15 is 0 Å². The molecule has 1 aliphatic carbocycles. The van der Waals surface area contributed by atoms with Crippen molar-refractivity contribution in [2.45, 2.75) is 38.5 Å². The standard InChI is InChI=1S/C16H20BrN3S/c1-20(9-12-7-16(17)21-11-12)10-15-4-2-3-14(19-15)8-18-13-5-6-13/h2-4,7,11,13,18H,5-6,8-10H2,1H3. The van der Waals surface area contributed by atoms with E-state index < -0.39 is 0 Å². The number of nitrogens with zero attached hydrogens (tertiary/aromatic N) is 2. The first-order chi connectivity index (χ1) is 10.2. The summed E-state index contributed by atoms with van der Waals surface area (Å²) in [7, 11) is 2.14. The Balaban J connectivity index is 1.54. The Labute approximate surface area is 138 Å². The molecule has 0 unspecified atom stereocenters. The van der Waals surface area contributed by atoms with Crippen LogP contribution in [0.25, 0.3) is 0 Å². The first-order valence-corrected chi connectivity index (χ1v) is 8.96. The average molecular weight is 366 g/mol. The quantitative estimate of drug-likeness (QED) is 0.808. The highest BCUT2D eigenvalue weighted by Gasteiger charge is 2.20. The number of nitrogens with one attached hydrogen (secondary N) is 1. The molecule has 0 aliphatic heterocycles. The molecule has 3 rings (SSSR count). The molecule has 0 amide bonds. The van der Waals surface area contributed by atoms with Crippen molar-refractivity contribution in [1.29, 1.82) is 0 Å². The van der Waals surface area contributed by atoms with Crippen LogP contribution in [-0.2, 0) is 19.6 Å². The summed E-state index contributed by atoms with van der Waals surface area (Å²) in [4.78, 5) is 7.05. The Kier molecular flexibility index (Phi) is 5.06. The zero-order valence-corrected chi connectivity index (χ0v) is 14.6. The van der Waals surface area contributed by atoms with Crippen molar-refractivity contribution in [3.8, 4) is 0 Å². The second kappa shape index (κ2) is 7.01. The number of halogens is 1. The molecular weight excluding hydrogens is 346 g/mol. The number of thiophene rings is 1. The first kappa shape index (κ1) is 15.2. The van der Waals surface area contributed by atoms with Gasteiger partial charge in [0.15, 0.2) is 0 Å². The lowest BCUT2D eigenvalue weighted by molar-refractivity contribution is 0.315. The zero-order chi connectivity index (χ0) is 14.7. The van der Waals surface area contributed by atoms with Crippen molar-refractivity contribution in [2.24, 2.45) is 0 Å². The van der Waals surface area contributed by atoms with Gasteiger partial charge in [0.1, 0.15) is 0 Å². The molecule has 5 heteroatoms. The normalized spacial score (nSPS) is 14.8. The molecule has 2 aromatic rings. The highest BCUT2D eigenvalue weighted by Crippen LogP contribution is 2.22. The monoisotopic (exact) mass is 365 g/mol. The lowest BCUT2D eigenvalue weighted by atomic mass is 10.2. The molecule has 3 nitrogen and oxygen atoms in total. The van der Waals surface area contributed by atoms with Crippen LogP contribution in [0.1, 0.15) is 29.8 Å². The topological polar surface area (TPSA) is 28.2 Å². The van der Waals surface area contributed by atoms with Gasteiger partial charge in [-0.3, -0.25) is 9.88 Å². The van der Waals surface area contributed by atoms with Crippen LogP contribution in [0.15, 0.2) is 33.4 Å². The lowest BCUT2D eigenvalue weighted by Crippen LogP contribution is -2.19. The Morgan fingerprint density at radius 2 is 2.14 bits per heavy atom. The molecule has 2 heterocycles. The number of hydrogen-bond acceptors (Lipinski definition) is 4. The SMILES string of the molecule is CN(Cc1csc(Br)c1)Cc1cccc(CNC2CC2)n1. The van der Waals surface area contributed by atoms with Gasteiger partial charge in [-0.05, 0) is 65.0 Å². The highest BCUT2D eigenvalue weighted by molar-refractivity contribution is 9.11. The maximum Gasteiger partial charge on any atom is 0.0701 e. The molecule has 1 aliphatic rings. The number of aromatic nitrogens is 1. The largest absolute Gasteiger partial charge is 0.308 e. The first-order valence-electron chi connectivity index (χ1n) is 7.29. The average Bonchev–Trinajstić information content (AvgIpc) is 3.20. The van der Waals surface area contributed by atoms with E-state index in [4.69, 9.17) is 4.98 Å². The van der Waals surface area contributed by atoms with Crippen molar-refractivity contribution < 1.29 is 0 Å². The second-order valence-corrected chi connectivity index (χ2v) is 8.00. The van der Waals surface area contributed by atoms with Crippen molar-refractivity contribution in [2.75, 3.05) is 7.05 Å². The Morgan fingerprint density at radius 1 is 1.33 bits per heavy atom. The van der Waals surface area contributed by atoms with E-state index in [0.717, 1.165) is 37.1 Å². The molecule has 0 aromatic carbocycles. The Hall–Kier alpha value is -0.750. The van der Waals surface area contributed by atoms with Crippen LogP contribution < -0.4 is 5.32 Å². The van der Waals surface area contributed by atoms with E-state index in [2.05, 4.69) is 62.8 Å². The third-order valence-corrected chi connectivity index (χ3v) is 5.07. The van der Waals surface area contributed by atoms with E-state index in [1.807, 2.05) is 0 Å². The van der Waals surface area contributed by atoms with Gasteiger partial charge < -0.3 is 5.32 Å². The van der Waals surface area contributed by atoms with Crippen molar-refractivity contribution >= 4 is 27.3 Å².